The van der Waals surface area contributed by atoms with Gasteiger partial charge in [-0.3, -0.25) is 0 Å². The van der Waals surface area contributed by atoms with Gasteiger partial charge in [0.2, 0.25) is 0 Å². The van der Waals surface area contributed by atoms with Gasteiger partial charge in [0.25, 0.3) is 0 Å². The van der Waals surface area contributed by atoms with Crippen molar-refractivity contribution in [1.29, 1.82) is 0 Å². The Morgan fingerprint density at radius 2 is 1.80 bits per heavy atom. The summed E-state index contributed by atoms with van der Waals surface area (Å²) in [6, 6.07) is 4.16. The first-order valence-corrected chi connectivity index (χ1v) is 7.71. The van der Waals surface area contributed by atoms with Crippen LogP contribution in [0.1, 0.15) is 38.7 Å². The maximum Gasteiger partial charge on any atom is 0.129 e. The minimum Gasteiger partial charge on any atom is -0.316 e. The summed E-state index contributed by atoms with van der Waals surface area (Å²) in [4.78, 5) is 0. The van der Waals surface area contributed by atoms with Gasteiger partial charge in [0.15, 0.2) is 0 Å². The van der Waals surface area contributed by atoms with Gasteiger partial charge in [-0.25, -0.2) is 8.78 Å². The Morgan fingerprint density at radius 3 is 2.45 bits per heavy atom. The van der Waals surface area contributed by atoms with E-state index in [1.54, 1.807) is 0 Å². The van der Waals surface area contributed by atoms with Crippen LogP contribution in [0, 0.1) is 29.4 Å². The molecule has 0 aliphatic heterocycles. The van der Waals surface area contributed by atoms with E-state index in [0.29, 0.717) is 24.2 Å². The van der Waals surface area contributed by atoms with Crippen LogP contribution in [0.2, 0.25) is 0 Å². The normalized spacial score (nSPS) is 22.6. The molecule has 2 atom stereocenters. The van der Waals surface area contributed by atoms with Gasteiger partial charge >= 0.3 is 0 Å². The molecular formula is C17H25F2N. The van der Waals surface area contributed by atoms with Crippen molar-refractivity contribution in [2.45, 2.75) is 39.5 Å². The molecule has 1 saturated carbocycles. The van der Waals surface area contributed by atoms with E-state index in [4.69, 9.17) is 0 Å². The summed E-state index contributed by atoms with van der Waals surface area (Å²) in [6.07, 6.45) is 3.97. The molecule has 0 heterocycles. The van der Waals surface area contributed by atoms with Gasteiger partial charge in [0, 0.05) is 5.56 Å². The predicted octanol–water partition coefficient (Wildman–Crippen LogP) is 4.17. The maximum atomic E-state index is 13.7. The van der Waals surface area contributed by atoms with Crippen LogP contribution in [-0.2, 0) is 6.42 Å². The number of rotatable bonds is 6. The molecule has 1 aliphatic carbocycles. The van der Waals surface area contributed by atoms with E-state index in [1.165, 1.54) is 31.0 Å². The number of benzene rings is 1. The maximum absolute atomic E-state index is 13.7. The molecule has 0 bridgehead atoms. The van der Waals surface area contributed by atoms with Gasteiger partial charge in [-0.2, -0.15) is 0 Å². The van der Waals surface area contributed by atoms with Gasteiger partial charge in [0.05, 0.1) is 0 Å². The molecule has 2 unspecified atom stereocenters. The van der Waals surface area contributed by atoms with Gasteiger partial charge in [-0.15, -0.1) is 0 Å². The summed E-state index contributed by atoms with van der Waals surface area (Å²) < 4.78 is 27.5. The fourth-order valence-corrected chi connectivity index (χ4v) is 3.20. The minimum atomic E-state index is -0.397. The molecule has 20 heavy (non-hydrogen) atoms. The van der Waals surface area contributed by atoms with Crippen LogP contribution in [-0.4, -0.2) is 13.1 Å². The smallest absolute Gasteiger partial charge is 0.129 e. The minimum absolute atomic E-state index is 0.272. The molecule has 0 aromatic heterocycles. The van der Waals surface area contributed by atoms with Gasteiger partial charge in [0.1, 0.15) is 11.6 Å². The summed E-state index contributed by atoms with van der Waals surface area (Å²) >= 11 is 0. The first-order valence-electron chi connectivity index (χ1n) is 7.71. The van der Waals surface area contributed by atoms with Crippen LogP contribution in [0.25, 0.3) is 0 Å². The fourth-order valence-electron chi connectivity index (χ4n) is 3.20. The van der Waals surface area contributed by atoms with Crippen LogP contribution < -0.4 is 5.32 Å². The Balaban J connectivity index is 1.94. The monoisotopic (exact) mass is 281 g/mol. The van der Waals surface area contributed by atoms with Crippen molar-refractivity contribution in [2.75, 3.05) is 13.1 Å². The molecule has 1 fully saturated rings. The van der Waals surface area contributed by atoms with Crippen molar-refractivity contribution >= 4 is 0 Å². The third-order valence-corrected chi connectivity index (χ3v) is 4.30. The Bertz CT molecular complexity index is 411. The van der Waals surface area contributed by atoms with Crippen molar-refractivity contribution in [2.24, 2.45) is 17.8 Å². The van der Waals surface area contributed by atoms with Crippen LogP contribution in [0.5, 0.6) is 0 Å². The third-order valence-electron chi connectivity index (χ3n) is 4.30. The molecule has 1 aromatic carbocycles. The number of hydrogen-bond donors (Lipinski definition) is 1. The van der Waals surface area contributed by atoms with E-state index >= 15 is 0 Å². The summed E-state index contributed by atoms with van der Waals surface area (Å²) in [5.41, 5.74) is 0.272. The molecule has 1 N–H and O–H groups in total. The second-order valence-corrected chi connectivity index (χ2v) is 6.41. The van der Waals surface area contributed by atoms with Crippen LogP contribution in [0.4, 0.5) is 8.78 Å². The van der Waals surface area contributed by atoms with E-state index in [1.807, 2.05) is 0 Å². The lowest BCUT2D eigenvalue weighted by Gasteiger charge is -2.21. The molecule has 0 amide bonds. The number of nitrogens with one attached hydrogen (secondary N) is 1. The molecule has 0 radical (unpaired) electrons. The Labute approximate surface area is 120 Å². The standard InChI is InChI=1S/C17H25F2N/c1-12(2)10-20-11-14-6-3-5-13(14)9-15-16(18)7-4-8-17(15)19/h4,7-8,12-14,20H,3,5-6,9-11H2,1-2H3. The van der Waals surface area contributed by atoms with Gasteiger partial charge in [-0.1, -0.05) is 26.3 Å². The summed E-state index contributed by atoms with van der Waals surface area (Å²) in [5, 5.41) is 3.48. The van der Waals surface area contributed by atoms with E-state index in [9.17, 15) is 8.78 Å². The summed E-state index contributed by atoms with van der Waals surface area (Å²) in [7, 11) is 0. The quantitative estimate of drug-likeness (QED) is 0.825. The van der Waals surface area contributed by atoms with Crippen LogP contribution in [0.15, 0.2) is 18.2 Å². The van der Waals surface area contributed by atoms with Crippen molar-refractivity contribution in [3.05, 3.63) is 35.4 Å². The van der Waals surface area contributed by atoms with Gasteiger partial charge < -0.3 is 5.32 Å². The first kappa shape index (κ1) is 15.4. The fraction of sp³-hybridized carbons (Fsp3) is 0.647. The average Bonchev–Trinajstić information content (AvgIpc) is 2.81. The number of hydrogen-bond acceptors (Lipinski definition) is 1. The van der Waals surface area contributed by atoms with Crippen molar-refractivity contribution < 1.29 is 8.78 Å². The largest absolute Gasteiger partial charge is 0.316 e. The lowest BCUT2D eigenvalue weighted by molar-refractivity contribution is 0.350. The zero-order chi connectivity index (χ0) is 14.5. The highest BCUT2D eigenvalue weighted by Gasteiger charge is 2.28. The highest BCUT2D eigenvalue weighted by atomic mass is 19.1. The zero-order valence-corrected chi connectivity index (χ0v) is 12.5. The lowest BCUT2D eigenvalue weighted by Crippen LogP contribution is -2.29. The third kappa shape index (κ3) is 4.02. The van der Waals surface area contributed by atoms with E-state index in [2.05, 4.69) is 19.2 Å². The number of halogens is 2. The Morgan fingerprint density at radius 1 is 1.15 bits per heavy atom. The van der Waals surface area contributed by atoms with E-state index in [0.717, 1.165) is 19.5 Å². The second kappa shape index (κ2) is 7.16. The van der Waals surface area contributed by atoms with E-state index in [-0.39, 0.29) is 5.56 Å². The van der Waals surface area contributed by atoms with Gasteiger partial charge in [-0.05, 0) is 62.2 Å². The molecule has 1 nitrogen and oxygen atoms in total. The molecule has 0 spiro atoms. The summed E-state index contributed by atoms with van der Waals surface area (Å²) in [6.45, 7) is 6.36. The zero-order valence-electron chi connectivity index (χ0n) is 12.5. The Hall–Kier alpha value is -0.960. The molecule has 2 rings (SSSR count). The van der Waals surface area contributed by atoms with Crippen molar-refractivity contribution in [3.63, 3.8) is 0 Å². The molecule has 1 aliphatic rings. The highest BCUT2D eigenvalue weighted by Crippen LogP contribution is 2.34. The topological polar surface area (TPSA) is 12.0 Å². The highest BCUT2D eigenvalue weighted by molar-refractivity contribution is 5.20. The van der Waals surface area contributed by atoms with E-state index < -0.39 is 11.6 Å². The second-order valence-electron chi connectivity index (χ2n) is 6.41. The van der Waals surface area contributed by atoms with Crippen molar-refractivity contribution in [1.82, 2.24) is 5.32 Å². The molecule has 3 heteroatoms. The average molecular weight is 281 g/mol. The Kier molecular flexibility index (Phi) is 5.53. The van der Waals surface area contributed by atoms with Crippen LogP contribution >= 0.6 is 0 Å². The predicted molar refractivity (Wildman–Crippen MR) is 78.6 cm³/mol. The lowest BCUT2D eigenvalue weighted by atomic mass is 9.89. The molecular weight excluding hydrogens is 256 g/mol. The van der Waals surface area contributed by atoms with Crippen LogP contribution in [0.3, 0.4) is 0 Å². The molecule has 1 aromatic rings. The molecule has 0 saturated heterocycles. The summed E-state index contributed by atoms with van der Waals surface area (Å²) in [5.74, 6) is 0.796. The molecule has 112 valence electrons. The SMILES string of the molecule is CC(C)CNCC1CCCC1Cc1c(F)cccc1F. The van der Waals surface area contributed by atoms with Crippen molar-refractivity contribution in [3.8, 4) is 0 Å². The first-order chi connectivity index (χ1) is 9.58.